The number of anilines is 1. The normalized spacial score (nSPS) is 15.2. The quantitative estimate of drug-likeness (QED) is 0.111. The summed E-state index contributed by atoms with van der Waals surface area (Å²) >= 11 is 0. The van der Waals surface area contributed by atoms with Gasteiger partial charge in [-0.1, -0.05) is 37.6 Å². The second-order valence-corrected chi connectivity index (χ2v) is 12.3. The van der Waals surface area contributed by atoms with Gasteiger partial charge < -0.3 is 24.8 Å². The van der Waals surface area contributed by atoms with E-state index in [-0.39, 0.29) is 37.4 Å². The van der Waals surface area contributed by atoms with Crippen molar-refractivity contribution in [2.75, 3.05) is 18.9 Å². The molecule has 0 saturated heterocycles. The molecule has 3 atom stereocenters. The predicted octanol–water partition coefficient (Wildman–Crippen LogP) is 5.07. The van der Waals surface area contributed by atoms with Gasteiger partial charge in [0.05, 0.1) is 23.7 Å². The molecule has 0 aliphatic carbocycles. The van der Waals surface area contributed by atoms with Crippen molar-refractivity contribution < 1.29 is 33.0 Å². The van der Waals surface area contributed by atoms with Crippen LogP contribution in [0.2, 0.25) is 0 Å². The predicted molar refractivity (Wildman–Crippen MR) is 167 cm³/mol. The maximum Gasteiger partial charge on any atom is 0.460 e. The molecule has 0 unspecified atom stereocenters. The van der Waals surface area contributed by atoms with Gasteiger partial charge in [0.25, 0.3) is 0 Å². The molecule has 4 rings (SSSR count). The molecule has 13 nitrogen and oxygen atoms in total. The van der Waals surface area contributed by atoms with Gasteiger partial charge in [-0.25, -0.2) is 19.5 Å². The zero-order valence-electron chi connectivity index (χ0n) is 25.7. The second kappa shape index (κ2) is 14.4. The lowest BCUT2D eigenvalue weighted by molar-refractivity contribution is -0.149. The van der Waals surface area contributed by atoms with Crippen LogP contribution in [0.25, 0.3) is 21.9 Å². The van der Waals surface area contributed by atoms with Crippen LogP contribution in [-0.4, -0.2) is 56.0 Å². The summed E-state index contributed by atoms with van der Waals surface area (Å²) in [5.41, 5.74) is 6.47. The maximum atomic E-state index is 14.0. The van der Waals surface area contributed by atoms with Crippen LogP contribution in [0.15, 0.2) is 48.7 Å². The van der Waals surface area contributed by atoms with Crippen LogP contribution < -0.4 is 15.3 Å². The number of nitrogens with zero attached hydrogens (tertiary/aromatic N) is 4. The first kappa shape index (κ1) is 33.3. The Balaban J connectivity index is 1.70. The molecule has 0 radical (unpaired) electrons. The number of nitrogen functional groups attached to an aromatic ring is 1. The smallest absolute Gasteiger partial charge is 0.460 e. The topological polar surface area (TPSA) is 173 Å². The Hall–Kier alpha value is -3.61. The monoisotopic (exact) mass is 628 g/mol. The Labute approximate surface area is 256 Å². The van der Waals surface area contributed by atoms with Crippen LogP contribution in [0.5, 0.6) is 5.88 Å². The third kappa shape index (κ3) is 7.72. The third-order valence-corrected chi connectivity index (χ3v) is 8.42. The summed E-state index contributed by atoms with van der Waals surface area (Å²) in [4.78, 5) is 25.9. The van der Waals surface area contributed by atoms with Gasteiger partial charge in [0, 0.05) is 30.7 Å². The number of hydrogen-bond donors (Lipinski definition) is 3. The van der Waals surface area contributed by atoms with Crippen LogP contribution in [0.3, 0.4) is 0 Å². The Morgan fingerprint density at radius 2 is 1.86 bits per heavy atom. The van der Waals surface area contributed by atoms with Crippen molar-refractivity contribution in [2.45, 2.75) is 78.4 Å². The summed E-state index contributed by atoms with van der Waals surface area (Å²) in [5, 5.41) is 15.8. The van der Waals surface area contributed by atoms with Crippen LogP contribution in [0.4, 0.5) is 5.82 Å². The summed E-state index contributed by atoms with van der Waals surface area (Å²) in [7, 11) is -4.21. The fraction of sp³-hybridized carbons (Fsp3) is 0.467. The minimum Gasteiger partial charge on any atom is -0.462 e. The van der Waals surface area contributed by atoms with E-state index in [9.17, 15) is 14.5 Å². The van der Waals surface area contributed by atoms with Gasteiger partial charge >= 0.3 is 13.7 Å². The van der Waals surface area contributed by atoms with Crippen molar-refractivity contribution in [3.63, 3.8) is 0 Å². The molecule has 3 heterocycles. The molecule has 238 valence electrons. The number of fused-ring (bicyclic) bond motifs is 3. The van der Waals surface area contributed by atoms with Crippen molar-refractivity contribution >= 4 is 41.5 Å². The fourth-order valence-electron chi connectivity index (χ4n) is 4.90. The van der Waals surface area contributed by atoms with Crippen molar-refractivity contribution in [3.05, 3.63) is 54.5 Å². The molecule has 4 aromatic rings. The number of para-hydroxylation sites is 1. The zero-order valence-corrected chi connectivity index (χ0v) is 26.6. The molecule has 4 N–H and O–H groups in total. The molecule has 0 saturated carbocycles. The number of nitrogens with one attached hydrogen (secondary N) is 1. The molecule has 0 aliphatic rings. The average molecular weight is 629 g/mol. The van der Waals surface area contributed by atoms with E-state index < -0.39 is 25.5 Å². The Morgan fingerprint density at radius 3 is 2.55 bits per heavy atom. The number of aromatic nitrogens is 4. The van der Waals surface area contributed by atoms with Crippen LogP contribution >= 0.6 is 7.75 Å². The number of aliphatic hydroxyl groups is 1. The zero-order chi connectivity index (χ0) is 31.9. The Bertz CT molecular complexity index is 1620. The van der Waals surface area contributed by atoms with Gasteiger partial charge in [0.15, 0.2) is 5.82 Å². The Kier molecular flexibility index (Phi) is 10.9. The lowest BCUT2D eigenvalue weighted by atomic mass is 10.0. The number of ether oxygens (including phenoxy) is 2. The highest BCUT2D eigenvalue weighted by atomic mass is 31.2. The van der Waals surface area contributed by atoms with E-state index in [0.717, 1.165) is 5.39 Å². The van der Waals surface area contributed by atoms with Crippen LogP contribution in [0.1, 0.15) is 59.7 Å². The Morgan fingerprint density at radius 1 is 1.11 bits per heavy atom. The highest BCUT2D eigenvalue weighted by Crippen LogP contribution is 2.45. The molecular formula is C30H41N6O7P. The first-order valence-corrected chi connectivity index (χ1v) is 16.2. The van der Waals surface area contributed by atoms with Gasteiger partial charge in [0.2, 0.25) is 5.88 Å². The fourth-order valence-corrected chi connectivity index (χ4v) is 6.35. The molecule has 44 heavy (non-hydrogen) atoms. The van der Waals surface area contributed by atoms with Gasteiger partial charge in [-0.05, 0) is 46.2 Å². The molecule has 14 heteroatoms. The highest BCUT2D eigenvalue weighted by molar-refractivity contribution is 7.52. The average Bonchev–Trinajstić information content (AvgIpc) is 3.37. The third-order valence-electron chi connectivity index (χ3n) is 6.76. The van der Waals surface area contributed by atoms with Gasteiger partial charge in [0.1, 0.15) is 29.7 Å². The van der Waals surface area contributed by atoms with Gasteiger partial charge in [-0.15, -0.1) is 0 Å². The number of esters is 1. The molecule has 0 amide bonds. The molecule has 0 spiro atoms. The van der Waals surface area contributed by atoms with E-state index in [2.05, 4.69) is 15.1 Å². The molecule has 0 bridgehead atoms. The number of nitrogens with two attached hydrogens (primary N) is 1. The van der Waals surface area contributed by atoms with Gasteiger partial charge in [-0.2, -0.15) is 5.09 Å². The van der Waals surface area contributed by atoms with Crippen molar-refractivity contribution in [1.82, 2.24) is 24.6 Å². The molecular weight excluding hydrogens is 587 g/mol. The number of pyridine rings is 2. The summed E-state index contributed by atoms with van der Waals surface area (Å²) in [6.07, 6.45) is 1.98. The van der Waals surface area contributed by atoms with E-state index >= 15 is 0 Å². The van der Waals surface area contributed by atoms with E-state index in [1.165, 1.54) is 19.2 Å². The first-order chi connectivity index (χ1) is 21.0. The van der Waals surface area contributed by atoms with Crippen molar-refractivity contribution in [3.8, 4) is 5.88 Å². The number of imidazole rings is 1. The molecule has 1 aromatic carbocycles. The molecule has 0 fully saturated rings. The summed E-state index contributed by atoms with van der Waals surface area (Å²) in [6, 6.07) is 11.3. The van der Waals surface area contributed by atoms with Crippen LogP contribution in [-0.2, 0) is 35.7 Å². The maximum absolute atomic E-state index is 14.0. The van der Waals surface area contributed by atoms with E-state index in [4.69, 9.17) is 29.2 Å². The minimum absolute atomic E-state index is 0.0238. The largest absolute Gasteiger partial charge is 0.462 e. The van der Waals surface area contributed by atoms with E-state index in [1.807, 2.05) is 38.1 Å². The number of hydrogen-bond acceptors (Lipinski definition) is 11. The van der Waals surface area contributed by atoms with E-state index in [1.54, 1.807) is 30.5 Å². The minimum atomic E-state index is -4.21. The summed E-state index contributed by atoms with van der Waals surface area (Å²) < 4.78 is 38.2. The SMILES string of the molecule is CCC[C@](O)(CCO[P@](=O)(N[C@@H](C)C(=O)OC(C)C)Oc1ccccn1)n1c(COCC)nc2c(N)nc3ccccc3c21. The summed E-state index contributed by atoms with van der Waals surface area (Å²) in [5.74, 6) is 0.0915. The molecule has 3 aromatic heterocycles. The summed E-state index contributed by atoms with van der Waals surface area (Å²) in [6.45, 7) is 9.06. The lowest BCUT2D eigenvalue weighted by Crippen LogP contribution is -2.38. The van der Waals surface area contributed by atoms with E-state index in [0.29, 0.717) is 41.8 Å². The molecule has 0 aliphatic heterocycles. The van der Waals surface area contributed by atoms with Crippen molar-refractivity contribution in [2.24, 2.45) is 0 Å². The number of carbonyl (C=O) groups excluding carboxylic acids is 1. The number of carbonyl (C=O) groups is 1. The van der Waals surface area contributed by atoms with Gasteiger partial charge in [-0.3, -0.25) is 13.9 Å². The van der Waals surface area contributed by atoms with Crippen molar-refractivity contribution in [1.29, 1.82) is 0 Å². The van der Waals surface area contributed by atoms with Crippen LogP contribution in [0, 0.1) is 0 Å². The second-order valence-electron chi connectivity index (χ2n) is 10.6. The lowest BCUT2D eigenvalue weighted by Gasteiger charge is -2.32. The first-order valence-electron chi connectivity index (χ1n) is 14.7. The number of rotatable bonds is 16. The standard InChI is InChI=1S/C30H41N6O7P/c1-6-15-30(38,36-24(19-40-7-2)34-26-27(36)22-12-8-9-13-23(22)33-28(26)31)16-18-41-44(39,43-25-14-10-11-17-32-25)35-21(5)29(37)42-20(3)4/h8-14,17,20-21,38H,6-7,15-16,18-19H2,1-5H3,(H2,31,33)(H,35,39)/t21-,30-,44+/m0/s1. The highest BCUT2D eigenvalue weighted by Gasteiger charge is 2.37. The number of benzene rings is 1.